The molecule has 0 fully saturated rings. The molecular formula is C14H20F2N2S. The van der Waals surface area contributed by atoms with Gasteiger partial charge in [-0.3, -0.25) is 0 Å². The van der Waals surface area contributed by atoms with Crippen LogP contribution in [0, 0.1) is 17.6 Å². The first kappa shape index (κ1) is 15.8. The Morgan fingerprint density at radius 3 is 2.21 bits per heavy atom. The topological polar surface area (TPSA) is 29.3 Å². The van der Waals surface area contributed by atoms with Gasteiger partial charge in [0.15, 0.2) is 0 Å². The summed E-state index contributed by atoms with van der Waals surface area (Å²) in [5.41, 5.74) is 5.62. The monoisotopic (exact) mass is 286 g/mol. The highest BCUT2D eigenvalue weighted by molar-refractivity contribution is 7.80. The van der Waals surface area contributed by atoms with Crippen LogP contribution in [0.5, 0.6) is 0 Å². The van der Waals surface area contributed by atoms with Gasteiger partial charge in [-0.1, -0.05) is 32.5 Å². The van der Waals surface area contributed by atoms with Crippen molar-refractivity contribution in [1.82, 2.24) is 0 Å². The van der Waals surface area contributed by atoms with E-state index >= 15 is 0 Å². The van der Waals surface area contributed by atoms with E-state index in [0.717, 1.165) is 6.42 Å². The van der Waals surface area contributed by atoms with Crippen LogP contribution in [0.15, 0.2) is 12.1 Å². The summed E-state index contributed by atoms with van der Waals surface area (Å²) in [6.45, 7) is 7.16. The molecule has 0 heterocycles. The number of hydrogen-bond acceptors (Lipinski definition) is 2. The summed E-state index contributed by atoms with van der Waals surface area (Å²) in [5, 5.41) is 0. The van der Waals surface area contributed by atoms with E-state index in [4.69, 9.17) is 18.0 Å². The second kappa shape index (κ2) is 6.80. The van der Waals surface area contributed by atoms with Gasteiger partial charge in [0.1, 0.15) is 22.3 Å². The second-order valence-electron chi connectivity index (χ2n) is 4.70. The van der Waals surface area contributed by atoms with Crippen LogP contribution >= 0.6 is 12.2 Å². The Labute approximate surface area is 118 Å². The fourth-order valence-electron chi connectivity index (χ4n) is 1.89. The Morgan fingerprint density at radius 1 is 1.32 bits per heavy atom. The Balaban J connectivity index is 3.14. The number of nitrogens with two attached hydrogens (primary N) is 1. The Bertz CT molecular complexity index is 440. The van der Waals surface area contributed by atoms with Gasteiger partial charge in [-0.25, -0.2) is 8.78 Å². The molecule has 0 saturated heterocycles. The molecule has 1 rings (SSSR count). The molecule has 19 heavy (non-hydrogen) atoms. The van der Waals surface area contributed by atoms with Crippen LogP contribution in [0.3, 0.4) is 0 Å². The van der Waals surface area contributed by atoms with E-state index < -0.39 is 11.6 Å². The Morgan fingerprint density at radius 2 is 1.84 bits per heavy atom. The van der Waals surface area contributed by atoms with Crippen molar-refractivity contribution in [3.63, 3.8) is 0 Å². The first-order valence-corrected chi connectivity index (χ1v) is 6.85. The zero-order chi connectivity index (χ0) is 14.6. The lowest BCUT2D eigenvalue weighted by atomic mass is 10.1. The number of nitrogens with zero attached hydrogens (tertiary/aromatic N) is 1. The van der Waals surface area contributed by atoms with Crippen molar-refractivity contribution >= 4 is 22.9 Å². The van der Waals surface area contributed by atoms with Crippen molar-refractivity contribution in [2.45, 2.75) is 27.2 Å². The molecule has 106 valence electrons. The molecule has 0 bridgehead atoms. The first-order chi connectivity index (χ1) is 8.90. The van der Waals surface area contributed by atoms with E-state index in [1.54, 1.807) is 4.90 Å². The molecule has 0 aromatic heterocycles. The number of thiocarbonyl (C=S) groups is 1. The summed E-state index contributed by atoms with van der Waals surface area (Å²) in [6, 6.07) is 2.39. The van der Waals surface area contributed by atoms with Crippen LogP contribution in [0.25, 0.3) is 0 Å². The predicted molar refractivity (Wildman–Crippen MR) is 79.6 cm³/mol. The Hall–Kier alpha value is -1.23. The highest BCUT2D eigenvalue weighted by Crippen LogP contribution is 2.26. The molecule has 0 aliphatic heterocycles. The third-order valence-corrected chi connectivity index (χ3v) is 3.46. The molecule has 0 spiro atoms. The molecular weight excluding hydrogens is 266 g/mol. The number of anilines is 1. The summed E-state index contributed by atoms with van der Waals surface area (Å²) in [6.07, 6.45) is 0.963. The molecule has 5 heteroatoms. The van der Waals surface area contributed by atoms with E-state index in [2.05, 4.69) is 13.8 Å². The van der Waals surface area contributed by atoms with Crippen LogP contribution in [0.4, 0.5) is 14.5 Å². The number of hydrogen-bond donors (Lipinski definition) is 1. The van der Waals surface area contributed by atoms with Crippen LogP contribution in [-0.2, 0) is 0 Å². The van der Waals surface area contributed by atoms with E-state index in [0.29, 0.717) is 19.0 Å². The maximum absolute atomic E-state index is 14.1. The third kappa shape index (κ3) is 3.86. The van der Waals surface area contributed by atoms with Gasteiger partial charge in [0, 0.05) is 18.7 Å². The average Bonchev–Trinajstić information content (AvgIpc) is 2.35. The van der Waals surface area contributed by atoms with Crippen molar-refractivity contribution in [2.75, 3.05) is 18.0 Å². The lowest BCUT2D eigenvalue weighted by Crippen LogP contribution is -2.30. The van der Waals surface area contributed by atoms with Gasteiger partial charge in [-0.15, -0.1) is 0 Å². The van der Waals surface area contributed by atoms with Crippen LogP contribution in [-0.4, -0.2) is 18.1 Å². The van der Waals surface area contributed by atoms with Crippen molar-refractivity contribution in [3.8, 4) is 0 Å². The number of benzene rings is 1. The lowest BCUT2D eigenvalue weighted by Gasteiger charge is -2.27. The van der Waals surface area contributed by atoms with Crippen LogP contribution < -0.4 is 10.6 Å². The van der Waals surface area contributed by atoms with Gasteiger partial charge >= 0.3 is 0 Å². The molecule has 0 saturated carbocycles. The van der Waals surface area contributed by atoms with Crippen LogP contribution in [0.1, 0.15) is 32.8 Å². The summed E-state index contributed by atoms with van der Waals surface area (Å²) in [4.78, 5) is 1.71. The summed E-state index contributed by atoms with van der Waals surface area (Å²) < 4.78 is 28.1. The maximum atomic E-state index is 14.1. The molecule has 0 radical (unpaired) electrons. The van der Waals surface area contributed by atoms with Crippen molar-refractivity contribution in [3.05, 3.63) is 29.3 Å². The minimum Gasteiger partial charge on any atom is -0.389 e. The van der Waals surface area contributed by atoms with E-state index in [-0.39, 0.29) is 16.2 Å². The summed E-state index contributed by atoms with van der Waals surface area (Å²) in [7, 11) is 0. The largest absolute Gasteiger partial charge is 0.389 e. The molecule has 0 amide bonds. The molecule has 2 nitrogen and oxygen atoms in total. The van der Waals surface area contributed by atoms with Gasteiger partial charge in [0.05, 0.1) is 0 Å². The molecule has 1 atom stereocenters. The van der Waals surface area contributed by atoms with Crippen molar-refractivity contribution < 1.29 is 8.78 Å². The standard InChI is InChI=1S/C14H20F2N2S/c1-4-9(3)8-18(5-2)13-11(15)6-10(14(17)19)7-12(13)16/h6-7,9H,4-5,8H2,1-3H3,(H2,17,19). The summed E-state index contributed by atoms with van der Waals surface area (Å²) in [5.74, 6) is -0.866. The fraction of sp³-hybridized carbons (Fsp3) is 0.500. The zero-order valence-corrected chi connectivity index (χ0v) is 12.4. The van der Waals surface area contributed by atoms with Crippen molar-refractivity contribution in [2.24, 2.45) is 11.7 Å². The SMILES string of the molecule is CCC(C)CN(CC)c1c(F)cc(C(N)=S)cc1F. The van der Waals surface area contributed by atoms with E-state index in [1.807, 2.05) is 6.92 Å². The van der Waals surface area contributed by atoms with Crippen LogP contribution in [0.2, 0.25) is 0 Å². The van der Waals surface area contributed by atoms with Gasteiger partial charge in [-0.05, 0) is 25.0 Å². The maximum Gasteiger partial charge on any atom is 0.150 e. The molecule has 0 aliphatic rings. The second-order valence-corrected chi connectivity index (χ2v) is 5.14. The lowest BCUT2D eigenvalue weighted by molar-refractivity contribution is 0.522. The quantitative estimate of drug-likeness (QED) is 0.812. The molecule has 1 aromatic carbocycles. The number of halogens is 2. The average molecular weight is 286 g/mol. The number of rotatable bonds is 6. The smallest absolute Gasteiger partial charge is 0.150 e. The highest BCUT2D eigenvalue weighted by atomic mass is 32.1. The first-order valence-electron chi connectivity index (χ1n) is 6.44. The normalized spacial score (nSPS) is 12.3. The zero-order valence-electron chi connectivity index (χ0n) is 11.5. The molecule has 0 aliphatic carbocycles. The van der Waals surface area contributed by atoms with Gasteiger partial charge in [-0.2, -0.15) is 0 Å². The molecule has 2 N–H and O–H groups in total. The van der Waals surface area contributed by atoms with E-state index in [1.165, 1.54) is 12.1 Å². The van der Waals surface area contributed by atoms with Gasteiger partial charge < -0.3 is 10.6 Å². The predicted octanol–water partition coefficient (Wildman–Crippen LogP) is 3.47. The summed E-state index contributed by atoms with van der Waals surface area (Å²) >= 11 is 4.74. The minimum absolute atomic E-state index is 0.00259. The highest BCUT2D eigenvalue weighted by Gasteiger charge is 2.19. The minimum atomic E-state index is -0.618. The Kier molecular flexibility index (Phi) is 5.66. The van der Waals surface area contributed by atoms with Gasteiger partial charge in [0.2, 0.25) is 0 Å². The fourth-order valence-corrected chi connectivity index (χ4v) is 2.01. The third-order valence-electron chi connectivity index (χ3n) is 3.23. The van der Waals surface area contributed by atoms with E-state index in [9.17, 15) is 8.78 Å². The molecule has 1 aromatic rings. The van der Waals surface area contributed by atoms with Gasteiger partial charge in [0.25, 0.3) is 0 Å². The van der Waals surface area contributed by atoms with Crippen molar-refractivity contribution in [1.29, 1.82) is 0 Å². The molecule has 1 unspecified atom stereocenters.